The van der Waals surface area contributed by atoms with Gasteiger partial charge in [0, 0.05) is 10.8 Å². The Kier molecular flexibility index (Phi) is 17.5. The van der Waals surface area contributed by atoms with Crippen LogP contribution in [0.1, 0.15) is 261 Å². The van der Waals surface area contributed by atoms with E-state index in [4.69, 9.17) is 18.6 Å². The molecule has 2 heterocycles. The van der Waals surface area contributed by atoms with Crippen molar-refractivity contribution in [3.05, 3.63) is 58.7 Å². The number of fused-ring (bicyclic) bond motifs is 4. The third kappa shape index (κ3) is 10.3. The first kappa shape index (κ1) is 53.5. The van der Waals surface area contributed by atoms with Gasteiger partial charge in [0.25, 0.3) is 0 Å². The van der Waals surface area contributed by atoms with Gasteiger partial charge in [-0.1, -0.05) is 195 Å². The second kappa shape index (κ2) is 21.6. The van der Waals surface area contributed by atoms with Gasteiger partial charge in [-0.25, -0.2) is 0 Å². The highest BCUT2D eigenvalue weighted by atomic mass is 16.7. The molecule has 6 rings (SSSR count). The quantitative estimate of drug-likeness (QED) is 0.0882. The van der Waals surface area contributed by atoms with Crippen molar-refractivity contribution < 1.29 is 18.6 Å². The Balaban J connectivity index is 1.72. The zero-order valence-electron chi connectivity index (χ0n) is 45.7. The van der Waals surface area contributed by atoms with Gasteiger partial charge in [-0.15, -0.1) is 0 Å². The molecule has 2 saturated heterocycles. The maximum absolute atomic E-state index is 6.92. The van der Waals surface area contributed by atoms with Crippen LogP contribution in [0.3, 0.4) is 0 Å². The predicted octanol–water partition coefficient (Wildman–Crippen LogP) is 16.1. The maximum atomic E-state index is 6.92. The molecule has 0 saturated carbocycles. The Morgan fingerprint density at radius 2 is 0.652 bits per heavy atom. The van der Waals surface area contributed by atoms with E-state index in [1.807, 2.05) is 0 Å². The molecule has 0 N–H and O–H groups in total. The Hall–Kier alpha value is -1.85. The molecule has 66 heavy (non-hydrogen) atoms. The third-order valence-corrected chi connectivity index (χ3v) is 18.6. The van der Waals surface area contributed by atoms with Crippen molar-refractivity contribution in [3.8, 4) is 0 Å². The zero-order valence-corrected chi connectivity index (χ0v) is 45.7. The fraction of sp³-hybridized carbons (Fsp3) is 0.767. The van der Waals surface area contributed by atoms with E-state index >= 15 is 0 Å². The van der Waals surface area contributed by atoms with E-state index in [-0.39, 0.29) is 10.8 Å². The SMILES string of the molecule is CCCCC(CC)CC1(CC(CC)CCCC)C2=C(c3ccc(B4OC(C)(C)C(C)(C)O4)cc31)C(CC(CC)CCCC)(CC(CC)CCCC)c1cc(B3OC(C)(C)C(C)(C)O3)ccc12. The van der Waals surface area contributed by atoms with Gasteiger partial charge in [-0.05, 0) is 149 Å². The first-order valence-corrected chi connectivity index (χ1v) is 28.0. The van der Waals surface area contributed by atoms with E-state index < -0.39 is 36.6 Å². The molecule has 2 aliphatic heterocycles. The van der Waals surface area contributed by atoms with Crippen molar-refractivity contribution >= 4 is 36.3 Å². The molecule has 0 bridgehead atoms. The second-order valence-corrected chi connectivity index (χ2v) is 24.2. The van der Waals surface area contributed by atoms with Gasteiger partial charge < -0.3 is 18.6 Å². The fourth-order valence-electron chi connectivity index (χ4n) is 12.9. The molecule has 6 heteroatoms. The average Bonchev–Trinajstić information content (AvgIpc) is 3.89. The normalized spacial score (nSPS) is 25.3. The fourth-order valence-corrected chi connectivity index (χ4v) is 12.9. The van der Waals surface area contributed by atoms with Crippen molar-refractivity contribution in [2.75, 3.05) is 0 Å². The van der Waals surface area contributed by atoms with Crippen LogP contribution in [-0.2, 0) is 29.4 Å². The maximum Gasteiger partial charge on any atom is 0.494 e. The highest BCUT2D eigenvalue weighted by Gasteiger charge is 2.60. The van der Waals surface area contributed by atoms with E-state index in [0.717, 1.165) is 0 Å². The molecular formula is C60H98B2O4. The molecule has 0 spiro atoms. The number of rotatable bonds is 26. The van der Waals surface area contributed by atoms with E-state index in [2.05, 4.69) is 147 Å². The summed E-state index contributed by atoms with van der Waals surface area (Å²) in [6.45, 7) is 37.1. The van der Waals surface area contributed by atoms with Gasteiger partial charge in [0.2, 0.25) is 0 Å². The molecule has 0 aromatic heterocycles. The van der Waals surface area contributed by atoms with Crippen LogP contribution in [0.2, 0.25) is 0 Å². The Bertz CT molecular complexity index is 1740. The molecule has 0 radical (unpaired) electrons. The van der Waals surface area contributed by atoms with E-state index in [0.29, 0.717) is 23.7 Å². The summed E-state index contributed by atoms with van der Waals surface area (Å²) in [7, 11) is -0.789. The lowest BCUT2D eigenvalue weighted by atomic mass is 9.60. The molecule has 0 amide bonds. The van der Waals surface area contributed by atoms with E-state index in [1.54, 1.807) is 22.3 Å². The van der Waals surface area contributed by atoms with Crippen molar-refractivity contribution in [2.45, 2.75) is 272 Å². The van der Waals surface area contributed by atoms with Crippen molar-refractivity contribution in [2.24, 2.45) is 23.7 Å². The van der Waals surface area contributed by atoms with Gasteiger partial charge in [0.05, 0.1) is 22.4 Å². The summed E-state index contributed by atoms with van der Waals surface area (Å²) in [5, 5.41) is 0. The van der Waals surface area contributed by atoms with Gasteiger partial charge >= 0.3 is 14.2 Å². The predicted molar refractivity (Wildman–Crippen MR) is 286 cm³/mol. The van der Waals surface area contributed by atoms with Gasteiger partial charge in [0.15, 0.2) is 0 Å². The zero-order chi connectivity index (χ0) is 48.3. The molecule has 4 nitrogen and oxygen atoms in total. The van der Waals surface area contributed by atoms with Gasteiger partial charge in [-0.3, -0.25) is 0 Å². The van der Waals surface area contributed by atoms with Crippen LogP contribution in [0.15, 0.2) is 36.4 Å². The first-order chi connectivity index (χ1) is 31.3. The standard InChI is InChI=1S/C60H98B2O4/c1-17-25-29-43(21-5)39-59(40-44(22-6)30-26-18-2)51-37-47(61-63-55(9,10)56(11,12)64-61)33-35-49(51)54-53(59)50-36-34-48(62-65-57(13,14)58(15,16)66-62)38-52(50)60(54,41-45(23-7)31-27-19-3)42-46(24-8)32-28-20-4/h33-38,43-46H,17-32,39-42H2,1-16H3. The average molecular weight is 905 g/mol. The Labute approximate surface area is 408 Å². The monoisotopic (exact) mass is 905 g/mol. The van der Waals surface area contributed by atoms with E-state index in [9.17, 15) is 0 Å². The van der Waals surface area contributed by atoms with Crippen molar-refractivity contribution in [1.29, 1.82) is 0 Å². The number of hydrogen-bond donors (Lipinski definition) is 0. The number of unbranched alkanes of at least 4 members (excludes halogenated alkanes) is 4. The minimum absolute atomic E-state index is 0.133. The van der Waals surface area contributed by atoms with Crippen LogP contribution < -0.4 is 10.9 Å². The number of benzene rings is 2. The third-order valence-electron chi connectivity index (χ3n) is 18.6. The summed E-state index contributed by atoms with van der Waals surface area (Å²) in [5.74, 6) is 2.55. The molecule has 2 aromatic rings. The lowest BCUT2D eigenvalue weighted by molar-refractivity contribution is 0.00578. The van der Waals surface area contributed by atoms with Crippen molar-refractivity contribution in [3.63, 3.8) is 0 Å². The molecule has 4 atom stereocenters. The van der Waals surface area contributed by atoms with E-state index in [1.165, 1.54) is 150 Å². The molecule has 2 fully saturated rings. The van der Waals surface area contributed by atoms with Crippen LogP contribution in [0.5, 0.6) is 0 Å². The summed E-state index contributed by atoms with van der Waals surface area (Å²) in [4.78, 5) is 0. The highest BCUT2D eigenvalue weighted by molar-refractivity contribution is 6.62. The minimum Gasteiger partial charge on any atom is -0.399 e. The highest BCUT2D eigenvalue weighted by Crippen LogP contribution is 2.69. The smallest absolute Gasteiger partial charge is 0.399 e. The Morgan fingerprint density at radius 3 is 0.879 bits per heavy atom. The molecular weight excluding hydrogens is 806 g/mol. The summed E-state index contributed by atoms with van der Waals surface area (Å²) < 4.78 is 27.7. The molecule has 2 aliphatic carbocycles. The first-order valence-electron chi connectivity index (χ1n) is 28.0. The summed E-state index contributed by atoms with van der Waals surface area (Å²) in [5.41, 5.74) is 10.1. The topological polar surface area (TPSA) is 36.9 Å². The van der Waals surface area contributed by atoms with Gasteiger partial charge in [-0.2, -0.15) is 0 Å². The second-order valence-electron chi connectivity index (χ2n) is 24.2. The lowest BCUT2D eigenvalue weighted by Gasteiger charge is -2.41. The lowest BCUT2D eigenvalue weighted by Crippen LogP contribution is -2.41. The Morgan fingerprint density at radius 1 is 0.394 bits per heavy atom. The minimum atomic E-state index is -0.404. The number of hydrogen-bond acceptors (Lipinski definition) is 4. The summed E-state index contributed by atoms with van der Waals surface area (Å²) >= 11 is 0. The van der Waals surface area contributed by atoms with Crippen LogP contribution in [0.25, 0.3) is 11.1 Å². The molecule has 4 unspecified atom stereocenters. The number of allylic oxidation sites excluding steroid dienone is 2. The summed E-state index contributed by atoms with van der Waals surface area (Å²) in [6, 6.07) is 15.3. The summed E-state index contributed by atoms with van der Waals surface area (Å²) in [6.07, 6.45) is 24.9. The molecule has 2 aromatic carbocycles. The largest absolute Gasteiger partial charge is 0.494 e. The molecule has 4 aliphatic rings. The van der Waals surface area contributed by atoms with Crippen LogP contribution in [-0.4, -0.2) is 36.6 Å². The van der Waals surface area contributed by atoms with Gasteiger partial charge in [0.1, 0.15) is 0 Å². The van der Waals surface area contributed by atoms with Crippen molar-refractivity contribution in [1.82, 2.24) is 0 Å². The van der Waals surface area contributed by atoms with Crippen LogP contribution >= 0.6 is 0 Å². The molecule has 368 valence electrons. The van der Waals surface area contributed by atoms with Crippen LogP contribution in [0.4, 0.5) is 0 Å². The van der Waals surface area contributed by atoms with Crippen LogP contribution in [0, 0.1) is 23.7 Å².